The van der Waals surface area contributed by atoms with E-state index in [1.54, 1.807) is 12.1 Å². The van der Waals surface area contributed by atoms with Crippen LogP contribution in [0.3, 0.4) is 0 Å². The molecule has 4 nitrogen and oxygen atoms in total. The first-order chi connectivity index (χ1) is 13.7. The summed E-state index contributed by atoms with van der Waals surface area (Å²) >= 11 is 0. The Bertz CT molecular complexity index is 701. The van der Waals surface area contributed by atoms with Gasteiger partial charge in [0.05, 0.1) is 24.3 Å². The molecule has 0 atom stereocenters. The summed E-state index contributed by atoms with van der Waals surface area (Å²) in [7, 11) is 0. The highest BCUT2D eigenvalue weighted by Gasteiger charge is 2.11. The van der Waals surface area contributed by atoms with Crippen LogP contribution in [0.4, 0.5) is 0 Å². The summed E-state index contributed by atoms with van der Waals surface area (Å²) in [4.78, 5) is 24.4. The number of esters is 2. The van der Waals surface area contributed by atoms with E-state index < -0.39 is 0 Å². The number of benzene rings is 2. The Labute approximate surface area is 168 Å². The van der Waals surface area contributed by atoms with Crippen LogP contribution in [0.5, 0.6) is 0 Å². The summed E-state index contributed by atoms with van der Waals surface area (Å²) in [6.45, 7) is 5.22. The number of unbranched alkanes of at least 4 members (excludes halogenated alkanes) is 6. The standard InChI is InChI=1S/C24H32O4/c1-3-5-7-9-15-27-23(25)21-13-11-20-18-22(14-12-19(20)17-21)24(26)28-16-10-8-6-4-2/h11-14,17-18H,3-10,15-16H2,1-2H3. The number of ether oxygens (including phenoxy) is 2. The van der Waals surface area contributed by atoms with Crippen molar-refractivity contribution >= 4 is 22.7 Å². The molecule has 0 aliphatic carbocycles. The molecule has 0 aromatic heterocycles. The molecule has 0 aliphatic rings. The van der Waals surface area contributed by atoms with Crippen LogP contribution in [0.1, 0.15) is 85.9 Å². The van der Waals surface area contributed by atoms with Crippen LogP contribution in [-0.4, -0.2) is 25.2 Å². The summed E-state index contributed by atoms with van der Waals surface area (Å²) < 4.78 is 10.7. The molecule has 28 heavy (non-hydrogen) atoms. The third kappa shape index (κ3) is 6.99. The minimum atomic E-state index is -0.297. The van der Waals surface area contributed by atoms with Gasteiger partial charge in [-0.15, -0.1) is 0 Å². The maximum absolute atomic E-state index is 12.2. The van der Waals surface area contributed by atoms with E-state index in [1.165, 1.54) is 0 Å². The van der Waals surface area contributed by atoms with Crippen molar-refractivity contribution in [3.63, 3.8) is 0 Å². The van der Waals surface area contributed by atoms with Crippen LogP contribution < -0.4 is 0 Å². The SMILES string of the molecule is CCCCCCOC(=O)c1ccc2cc(C(=O)OCCCCCC)ccc2c1. The summed E-state index contributed by atoms with van der Waals surface area (Å²) in [5.41, 5.74) is 1.07. The van der Waals surface area contributed by atoms with E-state index in [0.717, 1.165) is 62.1 Å². The molecule has 2 rings (SSSR count). The first-order valence-electron chi connectivity index (χ1n) is 10.5. The van der Waals surface area contributed by atoms with Gasteiger partial charge in [0, 0.05) is 0 Å². The Morgan fingerprint density at radius 2 is 1.07 bits per heavy atom. The molecule has 0 fully saturated rings. The highest BCUT2D eigenvalue weighted by Crippen LogP contribution is 2.19. The molecule has 0 aliphatic heterocycles. The van der Waals surface area contributed by atoms with Gasteiger partial charge in [-0.1, -0.05) is 64.5 Å². The normalized spacial score (nSPS) is 10.8. The van der Waals surface area contributed by atoms with Crippen molar-refractivity contribution in [3.8, 4) is 0 Å². The predicted molar refractivity (Wildman–Crippen MR) is 113 cm³/mol. The molecular weight excluding hydrogens is 352 g/mol. The Hall–Kier alpha value is -2.36. The van der Waals surface area contributed by atoms with Gasteiger partial charge in [-0.3, -0.25) is 0 Å². The molecule has 0 saturated carbocycles. The van der Waals surface area contributed by atoms with Gasteiger partial charge >= 0.3 is 11.9 Å². The zero-order valence-electron chi connectivity index (χ0n) is 17.2. The highest BCUT2D eigenvalue weighted by molar-refractivity contribution is 5.99. The van der Waals surface area contributed by atoms with Crippen LogP contribution in [0.15, 0.2) is 36.4 Å². The zero-order valence-corrected chi connectivity index (χ0v) is 17.2. The largest absolute Gasteiger partial charge is 0.462 e. The molecule has 0 N–H and O–H groups in total. The van der Waals surface area contributed by atoms with E-state index in [9.17, 15) is 9.59 Å². The molecule has 0 heterocycles. The van der Waals surface area contributed by atoms with E-state index >= 15 is 0 Å². The molecule has 2 aromatic rings. The molecule has 2 aromatic carbocycles. The second kappa shape index (κ2) is 12.2. The minimum Gasteiger partial charge on any atom is -0.462 e. The van der Waals surface area contributed by atoms with Crippen molar-refractivity contribution in [2.24, 2.45) is 0 Å². The van der Waals surface area contributed by atoms with E-state index in [1.807, 2.05) is 24.3 Å². The molecule has 0 spiro atoms. The van der Waals surface area contributed by atoms with Gasteiger partial charge in [-0.25, -0.2) is 9.59 Å². The monoisotopic (exact) mass is 384 g/mol. The van der Waals surface area contributed by atoms with Gasteiger partial charge in [0.15, 0.2) is 0 Å². The molecule has 0 unspecified atom stereocenters. The van der Waals surface area contributed by atoms with E-state index in [0.29, 0.717) is 24.3 Å². The molecule has 0 bridgehead atoms. The van der Waals surface area contributed by atoms with Gasteiger partial charge in [0.25, 0.3) is 0 Å². The van der Waals surface area contributed by atoms with Crippen molar-refractivity contribution in [2.75, 3.05) is 13.2 Å². The second-order valence-corrected chi connectivity index (χ2v) is 7.17. The number of hydrogen-bond acceptors (Lipinski definition) is 4. The molecular formula is C24H32O4. The highest BCUT2D eigenvalue weighted by atomic mass is 16.5. The van der Waals surface area contributed by atoms with E-state index in [4.69, 9.17) is 9.47 Å². The molecule has 0 saturated heterocycles. The lowest BCUT2D eigenvalue weighted by Crippen LogP contribution is -2.07. The van der Waals surface area contributed by atoms with Crippen LogP contribution >= 0.6 is 0 Å². The van der Waals surface area contributed by atoms with Crippen LogP contribution in [0.25, 0.3) is 10.8 Å². The Morgan fingerprint density at radius 1 is 0.643 bits per heavy atom. The average molecular weight is 385 g/mol. The van der Waals surface area contributed by atoms with Gasteiger partial charge < -0.3 is 9.47 Å². The Balaban J connectivity index is 1.92. The summed E-state index contributed by atoms with van der Waals surface area (Å²) in [6, 6.07) is 10.8. The quantitative estimate of drug-likeness (QED) is 0.318. The Kier molecular flexibility index (Phi) is 9.53. The number of rotatable bonds is 12. The van der Waals surface area contributed by atoms with Gasteiger partial charge in [-0.05, 0) is 47.9 Å². The number of fused-ring (bicyclic) bond motifs is 1. The van der Waals surface area contributed by atoms with Crippen LogP contribution in [0.2, 0.25) is 0 Å². The summed E-state index contributed by atoms with van der Waals surface area (Å²) in [6.07, 6.45) is 8.61. The fourth-order valence-electron chi connectivity index (χ4n) is 3.05. The lowest BCUT2D eigenvalue weighted by molar-refractivity contribution is 0.0488. The maximum atomic E-state index is 12.2. The number of hydrogen-bond donors (Lipinski definition) is 0. The van der Waals surface area contributed by atoms with Crippen molar-refractivity contribution in [1.29, 1.82) is 0 Å². The number of carbonyl (C=O) groups is 2. The summed E-state index contributed by atoms with van der Waals surface area (Å²) in [5.74, 6) is -0.595. The number of carbonyl (C=O) groups excluding carboxylic acids is 2. The van der Waals surface area contributed by atoms with E-state index in [-0.39, 0.29) is 11.9 Å². The average Bonchev–Trinajstić information content (AvgIpc) is 2.72. The zero-order chi connectivity index (χ0) is 20.2. The minimum absolute atomic E-state index is 0.297. The molecule has 152 valence electrons. The topological polar surface area (TPSA) is 52.6 Å². The van der Waals surface area contributed by atoms with E-state index in [2.05, 4.69) is 13.8 Å². The fourth-order valence-corrected chi connectivity index (χ4v) is 3.05. The first kappa shape index (κ1) is 21.9. The molecule has 0 radical (unpaired) electrons. The maximum Gasteiger partial charge on any atom is 0.338 e. The van der Waals surface area contributed by atoms with Crippen molar-refractivity contribution in [3.05, 3.63) is 47.5 Å². The first-order valence-corrected chi connectivity index (χ1v) is 10.5. The molecule has 0 amide bonds. The van der Waals surface area contributed by atoms with Crippen molar-refractivity contribution in [2.45, 2.75) is 65.2 Å². The van der Waals surface area contributed by atoms with Crippen LogP contribution in [-0.2, 0) is 9.47 Å². The lowest BCUT2D eigenvalue weighted by Gasteiger charge is -2.08. The second-order valence-electron chi connectivity index (χ2n) is 7.17. The Morgan fingerprint density at radius 3 is 1.46 bits per heavy atom. The lowest BCUT2D eigenvalue weighted by atomic mass is 10.0. The third-order valence-electron chi connectivity index (χ3n) is 4.77. The van der Waals surface area contributed by atoms with Crippen molar-refractivity contribution < 1.29 is 19.1 Å². The predicted octanol–water partition coefficient (Wildman–Crippen LogP) is 6.31. The molecule has 4 heteroatoms. The van der Waals surface area contributed by atoms with Crippen molar-refractivity contribution in [1.82, 2.24) is 0 Å². The van der Waals surface area contributed by atoms with Crippen LogP contribution in [0, 0.1) is 0 Å². The van der Waals surface area contributed by atoms with Gasteiger partial charge in [0.2, 0.25) is 0 Å². The summed E-state index contributed by atoms with van der Waals surface area (Å²) in [5, 5.41) is 1.81. The smallest absolute Gasteiger partial charge is 0.338 e. The van der Waals surface area contributed by atoms with Gasteiger partial charge in [0.1, 0.15) is 0 Å². The van der Waals surface area contributed by atoms with Gasteiger partial charge in [-0.2, -0.15) is 0 Å². The fraction of sp³-hybridized carbons (Fsp3) is 0.500. The third-order valence-corrected chi connectivity index (χ3v) is 4.77.